The summed E-state index contributed by atoms with van der Waals surface area (Å²) in [4.78, 5) is 16.3. The molecular formula is C27H36ClN3O3. The lowest BCUT2D eigenvalue weighted by molar-refractivity contribution is -0.114. The number of likely N-dealkylation sites (tertiary alicyclic amines) is 1. The highest BCUT2D eigenvalue weighted by atomic mass is 35.5. The number of amides is 1. The lowest BCUT2D eigenvalue weighted by atomic mass is 9.86. The number of ether oxygens (including phenoxy) is 1. The Morgan fingerprint density at radius 1 is 1.15 bits per heavy atom. The molecule has 2 atom stereocenters. The molecule has 2 saturated heterocycles. The van der Waals surface area contributed by atoms with Gasteiger partial charge in [0.25, 0.3) is 0 Å². The van der Waals surface area contributed by atoms with Gasteiger partial charge in [-0.15, -0.1) is 0 Å². The number of halogens is 1. The van der Waals surface area contributed by atoms with Crippen LogP contribution in [0.1, 0.15) is 44.7 Å². The van der Waals surface area contributed by atoms with Crippen LogP contribution in [0.5, 0.6) is 5.75 Å². The molecule has 0 saturated carbocycles. The Morgan fingerprint density at radius 2 is 1.88 bits per heavy atom. The van der Waals surface area contributed by atoms with Crippen molar-refractivity contribution in [2.24, 2.45) is 0 Å². The molecule has 2 aromatic rings. The fraction of sp³-hybridized carbons (Fsp3) is 0.519. The van der Waals surface area contributed by atoms with Crippen LogP contribution in [0.3, 0.4) is 0 Å². The number of benzene rings is 2. The van der Waals surface area contributed by atoms with Gasteiger partial charge in [0, 0.05) is 57.4 Å². The van der Waals surface area contributed by atoms with E-state index in [9.17, 15) is 9.90 Å². The van der Waals surface area contributed by atoms with E-state index in [0.717, 1.165) is 66.6 Å². The van der Waals surface area contributed by atoms with Gasteiger partial charge < -0.3 is 20.1 Å². The number of aliphatic hydroxyl groups is 1. The number of β-amino-alcohol motifs (C(OH)–C–C–N with tert-alkyl or cyclic N) is 1. The van der Waals surface area contributed by atoms with Crippen LogP contribution in [-0.2, 0) is 11.2 Å². The van der Waals surface area contributed by atoms with Gasteiger partial charge in [0.2, 0.25) is 5.91 Å². The van der Waals surface area contributed by atoms with E-state index in [4.69, 9.17) is 16.3 Å². The third-order valence-corrected chi connectivity index (χ3v) is 7.34. The second kappa shape index (κ2) is 10.1. The topological polar surface area (TPSA) is 65.0 Å². The molecule has 7 heteroatoms. The SMILES string of the molecule is CC.CC(=O)Nc1ccc(C)cc1N1CC(O)C(N2CCC3(CC2)Cc2cc(Cl)ccc2O3)C1. The Labute approximate surface area is 207 Å². The average Bonchev–Trinajstić information content (AvgIpc) is 3.36. The fourth-order valence-electron chi connectivity index (χ4n) is 5.47. The van der Waals surface area contributed by atoms with Crippen molar-refractivity contribution in [1.29, 1.82) is 0 Å². The number of fused-ring (bicyclic) bond motifs is 1. The van der Waals surface area contributed by atoms with Gasteiger partial charge >= 0.3 is 0 Å². The molecule has 2 unspecified atom stereocenters. The summed E-state index contributed by atoms with van der Waals surface area (Å²) in [7, 11) is 0. The van der Waals surface area contributed by atoms with Gasteiger partial charge in [-0.1, -0.05) is 31.5 Å². The van der Waals surface area contributed by atoms with E-state index in [0.29, 0.717) is 6.54 Å². The number of carbonyl (C=O) groups is 1. The largest absolute Gasteiger partial charge is 0.487 e. The molecule has 3 aliphatic rings. The first-order chi connectivity index (χ1) is 16.3. The summed E-state index contributed by atoms with van der Waals surface area (Å²) in [6.45, 7) is 10.6. The summed E-state index contributed by atoms with van der Waals surface area (Å²) in [6.07, 6.45) is 2.34. The van der Waals surface area contributed by atoms with Crippen LogP contribution in [0.15, 0.2) is 36.4 Å². The highest BCUT2D eigenvalue weighted by Gasteiger charge is 2.45. The van der Waals surface area contributed by atoms with E-state index in [2.05, 4.69) is 21.2 Å². The minimum absolute atomic E-state index is 0.0660. The zero-order chi connectivity index (χ0) is 24.5. The molecule has 3 heterocycles. The van der Waals surface area contributed by atoms with E-state index in [1.807, 2.05) is 51.1 Å². The van der Waals surface area contributed by atoms with E-state index >= 15 is 0 Å². The van der Waals surface area contributed by atoms with Crippen molar-refractivity contribution in [3.8, 4) is 5.75 Å². The first kappa shape index (κ1) is 24.8. The van der Waals surface area contributed by atoms with Crippen LogP contribution in [0.25, 0.3) is 0 Å². The number of hydrogen-bond donors (Lipinski definition) is 2. The van der Waals surface area contributed by atoms with E-state index in [1.54, 1.807) is 0 Å². The number of anilines is 2. The van der Waals surface area contributed by atoms with Crippen molar-refractivity contribution in [3.05, 3.63) is 52.5 Å². The Hall–Kier alpha value is -2.28. The molecule has 2 aromatic carbocycles. The highest BCUT2D eigenvalue weighted by molar-refractivity contribution is 6.30. The van der Waals surface area contributed by atoms with Gasteiger partial charge in [0.05, 0.1) is 23.5 Å². The standard InChI is InChI=1S/C25H30ClN3O3.C2H6/c1-16-3-5-20(27-17(2)30)21(11-16)29-14-22(23(31)15-29)28-9-7-25(8-10-28)13-18-12-19(26)4-6-24(18)32-25;1-2/h3-6,11-12,22-23,31H,7-10,13-15H2,1-2H3,(H,27,30);1-2H3. The third kappa shape index (κ3) is 5.04. The summed E-state index contributed by atoms with van der Waals surface area (Å²) < 4.78 is 6.39. The summed E-state index contributed by atoms with van der Waals surface area (Å²) in [5, 5.41) is 14.6. The van der Waals surface area contributed by atoms with Crippen LogP contribution in [0.2, 0.25) is 5.02 Å². The Morgan fingerprint density at radius 3 is 2.59 bits per heavy atom. The van der Waals surface area contributed by atoms with Crippen molar-refractivity contribution < 1.29 is 14.6 Å². The maximum Gasteiger partial charge on any atom is 0.221 e. The van der Waals surface area contributed by atoms with E-state index in [1.165, 1.54) is 12.5 Å². The normalized spacial score (nSPS) is 23.2. The molecule has 184 valence electrons. The molecule has 6 nitrogen and oxygen atoms in total. The van der Waals surface area contributed by atoms with Crippen LogP contribution in [0.4, 0.5) is 11.4 Å². The number of aryl methyl sites for hydroxylation is 1. The summed E-state index contributed by atoms with van der Waals surface area (Å²) >= 11 is 6.17. The number of hydrogen-bond acceptors (Lipinski definition) is 5. The van der Waals surface area contributed by atoms with Crippen molar-refractivity contribution in [2.45, 2.75) is 64.7 Å². The number of rotatable bonds is 3. The number of carbonyl (C=O) groups excluding carboxylic acids is 1. The van der Waals surface area contributed by atoms with Gasteiger partial charge in [-0.05, 0) is 48.4 Å². The van der Waals surface area contributed by atoms with Gasteiger partial charge in [0.1, 0.15) is 11.4 Å². The predicted molar refractivity (Wildman–Crippen MR) is 138 cm³/mol. The molecule has 34 heavy (non-hydrogen) atoms. The second-order valence-corrected chi connectivity index (χ2v) is 9.93. The maximum atomic E-state index is 11.7. The lowest BCUT2D eigenvalue weighted by Gasteiger charge is -2.41. The smallest absolute Gasteiger partial charge is 0.221 e. The van der Waals surface area contributed by atoms with Gasteiger partial charge in [-0.2, -0.15) is 0 Å². The fourth-order valence-corrected chi connectivity index (χ4v) is 5.66. The quantitative estimate of drug-likeness (QED) is 0.662. The van der Waals surface area contributed by atoms with Crippen molar-refractivity contribution in [3.63, 3.8) is 0 Å². The number of nitrogens with one attached hydrogen (secondary N) is 1. The first-order valence-electron chi connectivity index (χ1n) is 12.3. The zero-order valence-corrected chi connectivity index (χ0v) is 21.4. The summed E-state index contributed by atoms with van der Waals surface area (Å²) in [5.41, 5.74) is 3.95. The van der Waals surface area contributed by atoms with Gasteiger partial charge in [-0.25, -0.2) is 0 Å². The van der Waals surface area contributed by atoms with Crippen molar-refractivity contribution in [2.75, 3.05) is 36.4 Å². The van der Waals surface area contributed by atoms with Gasteiger partial charge in [0.15, 0.2) is 0 Å². The summed E-state index contributed by atoms with van der Waals surface area (Å²) in [6, 6.07) is 12.0. The molecule has 0 bridgehead atoms. The Balaban J connectivity index is 0.00000133. The highest BCUT2D eigenvalue weighted by Crippen LogP contribution is 2.42. The zero-order valence-electron chi connectivity index (χ0n) is 20.6. The maximum absolute atomic E-state index is 11.7. The molecule has 2 N–H and O–H groups in total. The molecule has 1 spiro atoms. The number of piperidine rings is 1. The predicted octanol–water partition coefficient (Wildman–Crippen LogP) is 4.65. The van der Waals surface area contributed by atoms with Crippen LogP contribution in [-0.4, -0.2) is 59.8 Å². The Bertz CT molecular complexity index is 1040. The molecule has 0 aliphatic carbocycles. The first-order valence-corrected chi connectivity index (χ1v) is 12.7. The van der Waals surface area contributed by atoms with Crippen molar-refractivity contribution >= 4 is 28.9 Å². The van der Waals surface area contributed by atoms with Crippen LogP contribution in [0, 0.1) is 6.92 Å². The van der Waals surface area contributed by atoms with Crippen LogP contribution >= 0.6 is 11.6 Å². The summed E-state index contributed by atoms with van der Waals surface area (Å²) in [5.74, 6) is 0.867. The third-order valence-electron chi connectivity index (χ3n) is 7.10. The number of nitrogens with zero attached hydrogens (tertiary/aromatic N) is 2. The molecule has 3 aliphatic heterocycles. The van der Waals surface area contributed by atoms with Crippen molar-refractivity contribution in [1.82, 2.24) is 4.90 Å². The molecule has 0 radical (unpaired) electrons. The van der Waals surface area contributed by atoms with E-state index < -0.39 is 6.10 Å². The minimum Gasteiger partial charge on any atom is -0.487 e. The van der Waals surface area contributed by atoms with E-state index in [-0.39, 0.29) is 17.6 Å². The second-order valence-electron chi connectivity index (χ2n) is 9.49. The number of aliphatic hydroxyl groups excluding tert-OH is 1. The molecule has 5 rings (SSSR count). The monoisotopic (exact) mass is 485 g/mol. The molecule has 1 amide bonds. The molecule has 2 fully saturated rings. The van der Waals surface area contributed by atoms with Gasteiger partial charge in [-0.3, -0.25) is 9.69 Å². The Kier molecular flexibility index (Phi) is 7.41. The lowest BCUT2D eigenvalue weighted by Crippen LogP contribution is -2.53. The molecule has 0 aromatic heterocycles. The molecular weight excluding hydrogens is 450 g/mol. The average molecular weight is 486 g/mol. The minimum atomic E-state index is -0.435. The van der Waals surface area contributed by atoms with Crippen LogP contribution < -0.4 is 15.0 Å².